The molecule has 1 aromatic carbocycles. The maximum absolute atomic E-state index is 12.6. The smallest absolute Gasteiger partial charge is 0.223 e. The highest BCUT2D eigenvalue weighted by Gasteiger charge is 2.22. The van der Waals surface area contributed by atoms with E-state index in [2.05, 4.69) is 42.0 Å². The normalized spacial score (nSPS) is 13.2. The Kier molecular flexibility index (Phi) is 6.75. The number of halogens is 1. The fraction of sp³-hybridized carbons (Fsp3) is 0.346. The van der Waals surface area contributed by atoms with Gasteiger partial charge in [-0.15, -0.1) is 0 Å². The Hall–Kier alpha value is -2.92. The van der Waals surface area contributed by atoms with Crippen LogP contribution in [0.5, 0.6) is 5.75 Å². The highest BCUT2D eigenvalue weighted by molar-refractivity contribution is 6.29. The van der Waals surface area contributed by atoms with E-state index in [0.29, 0.717) is 42.1 Å². The summed E-state index contributed by atoms with van der Waals surface area (Å²) < 4.78 is 6.09. The van der Waals surface area contributed by atoms with Crippen molar-refractivity contribution in [1.29, 1.82) is 0 Å². The van der Waals surface area contributed by atoms with Gasteiger partial charge in [0.1, 0.15) is 23.2 Å². The average Bonchev–Trinajstić information content (AvgIpc) is 2.77. The number of fused-ring (bicyclic) bond motifs is 1. The molecule has 0 atom stereocenters. The van der Waals surface area contributed by atoms with Gasteiger partial charge in [-0.25, -0.2) is 4.98 Å². The van der Waals surface area contributed by atoms with Gasteiger partial charge in [0.2, 0.25) is 5.91 Å². The number of ether oxygens (including phenoxy) is 1. The summed E-state index contributed by atoms with van der Waals surface area (Å²) in [4.78, 5) is 23.5. The summed E-state index contributed by atoms with van der Waals surface area (Å²) in [5, 5.41) is 0.410. The van der Waals surface area contributed by atoms with E-state index in [9.17, 15) is 4.79 Å². The summed E-state index contributed by atoms with van der Waals surface area (Å²) >= 11 is 6.23. The summed E-state index contributed by atoms with van der Waals surface area (Å²) in [5.41, 5.74) is 6.04. The zero-order valence-electron chi connectivity index (χ0n) is 18.8. The second-order valence-corrected chi connectivity index (χ2v) is 9.13. The lowest BCUT2D eigenvalue weighted by atomic mass is 9.95. The molecule has 32 heavy (non-hydrogen) atoms. The number of carbonyl (C=O) groups excluding carboxylic acids is 1. The number of hydrogen-bond acceptors (Lipinski definition) is 4. The van der Waals surface area contributed by atoms with Crippen molar-refractivity contribution in [3.05, 3.63) is 76.2 Å². The molecule has 1 aliphatic rings. The number of aromatic nitrogens is 2. The van der Waals surface area contributed by atoms with Crippen molar-refractivity contribution in [1.82, 2.24) is 14.9 Å². The van der Waals surface area contributed by atoms with Gasteiger partial charge in [-0.3, -0.25) is 9.78 Å². The molecule has 0 fully saturated rings. The Morgan fingerprint density at radius 2 is 2.00 bits per heavy atom. The Labute approximate surface area is 194 Å². The van der Waals surface area contributed by atoms with Gasteiger partial charge >= 0.3 is 0 Å². The molecule has 3 aromatic rings. The fourth-order valence-electron chi connectivity index (χ4n) is 3.97. The lowest BCUT2D eigenvalue weighted by Gasteiger charge is -2.30. The van der Waals surface area contributed by atoms with Crippen LogP contribution in [-0.4, -0.2) is 27.3 Å². The highest BCUT2D eigenvalue weighted by Crippen LogP contribution is 2.33. The minimum Gasteiger partial charge on any atom is -0.485 e. The van der Waals surface area contributed by atoms with Gasteiger partial charge in [-0.2, -0.15) is 0 Å². The number of amides is 1. The molecule has 166 valence electrons. The van der Waals surface area contributed by atoms with E-state index < -0.39 is 0 Å². The SMILES string of the molecule is Cc1ccnc(COc2ccc(Cl)nc2-c2ccc3c(c2)CN(C(=O)CC(C)C)CC3)c1. The van der Waals surface area contributed by atoms with Gasteiger partial charge in [0.05, 0.1) is 5.69 Å². The van der Waals surface area contributed by atoms with Crippen LogP contribution >= 0.6 is 11.6 Å². The van der Waals surface area contributed by atoms with Crippen molar-refractivity contribution in [3.63, 3.8) is 0 Å². The predicted octanol–water partition coefficient (Wildman–Crippen LogP) is 5.62. The summed E-state index contributed by atoms with van der Waals surface area (Å²) in [6.45, 7) is 7.92. The number of nitrogens with zero attached hydrogens (tertiary/aromatic N) is 3. The monoisotopic (exact) mass is 449 g/mol. The molecule has 0 N–H and O–H groups in total. The van der Waals surface area contributed by atoms with Crippen LogP contribution in [0.4, 0.5) is 0 Å². The van der Waals surface area contributed by atoms with Gasteiger partial charge in [-0.05, 0) is 66.3 Å². The minimum absolute atomic E-state index is 0.214. The number of hydrogen-bond donors (Lipinski definition) is 0. The van der Waals surface area contributed by atoms with E-state index in [-0.39, 0.29) is 5.91 Å². The molecule has 0 bridgehead atoms. The molecule has 0 aliphatic carbocycles. The van der Waals surface area contributed by atoms with Crippen LogP contribution in [-0.2, 0) is 24.4 Å². The van der Waals surface area contributed by atoms with Gasteiger partial charge in [0.25, 0.3) is 0 Å². The van der Waals surface area contributed by atoms with Crippen LogP contribution in [0.3, 0.4) is 0 Å². The molecule has 6 heteroatoms. The Morgan fingerprint density at radius 3 is 2.78 bits per heavy atom. The van der Waals surface area contributed by atoms with E-state index in [1.54, 1.807) is 12.3 Å². The average molecular weight is 450 g/mol. The van der Waals surface area contributed by atoms with Crippen LogP contribution in [0.25, 0.3) is 11.3 Å². The summed E-state index contributed by atoms with van der Waals surface area (Å²) in [5.74, 6) is 1.22. The molecule has 0 unspecified atom stereocenters. The Bertz CT molecular complexity index is 1130. The van der Waals surface area contributed by atoms with Crippen LogP contribution in [0.1, 0.15) is 42.7 Å². The van der Waals surface area contributed by atoms with E-state index in [4.69, 9.17) is 16.3 Å². The molecule has 5 nitrogen and oxygen atoms in total. The zero-order chi connectivity index (χ0) is 22.7. The summed E-state index contributed by atoms with van der Waals surface area (Å²) in [6, 6.07) is 13.8. The second kappa shape index (κ2) is 9.70. The topological polar surface area (TPSA) is 55.3 Å². The third-order valence-electron chi connectivity index (χ3n) is 5.60. The molecule has 0 saturated carbocycles. The van der Waals surface area contributed by atoms with Crippen LogP contribution in [0.15, 0.2) is 48.7 Å². The zero-order valence-corrected chi connectivity index (χ0v) is 19.5. The third-order valence-corrected chi connectivity index (χ3v) is 5.81. The molecular weight excluding hydrogens is 422 g/mol. The van der Waals surface area contributed by atoms with Crippen molar-refractivity contribution in [2.24, 2.45) is 5.92 Å². The number of benzene rings is 1. The Morgan fingerprint density at radius 1 is 1.16 bits per heavy atom. The molecule has 4 rings (SSSR count). The first-order valence-electron chi connectivity index (χ1n) is 11.0. The predicted molar refractivity (Wildman–Crippen MR) is 127 cm³/mol. The molecule has 0 radical (unpaired) electrons. The van der Waals surface area contributed by atoms with Crippen molar-refractivity contribution < 1.29 is 9.53 Å². The second-order valence-electron chi connectivity index (χ2n) is 8.74. The maximum atomic E-state index is 12.6. The lowest BCUT2D eigenvalue weighted by molar-refractivity contribution is -0.132. The molecule has 1 aliphatic heterocycles. The van der Waals surface area contributed by atoms with Crippen LogP contribution < -0.4 is 4.74 Å². The molecule has 1 amide bonds. The fourth-order valence-corrected chi connectivity index (χ4v) is 4.12. The molecule has 0 saturated heterocycles. The van der Waals surface area contributed by atoms with Crippen molar-refractivity contribution in [3.8, 4) is 17.0 Å². The first-order chi connectivity index (χ1) is 15.4. The number of aryl methyl sites for hydroxylation is 1. The minimum atomic E-state index is 0.214. The van der Waals surface area contributed by atoms with E-state index in [0.717, 1.165) is 35.3 Å². The first kappa shape index (κ1) is 22.3. The summed E-state index contributed by atoms with van der Waals surface area (Å²) in [6.07, 6.45) is 3.23. The molecule has 2 aromatic heterocycles. The molecular formula is C26H28ClN3O2. The van der Waals surface area contributed by atoms with E-state index in [1.807, 2.05) is 30.0 Å². The molecule has 3 heterocycles. The van der Waals surface area contributed by atoms with Gasteiger partial charge in [-0.1, -0.05) is 37.6 Å². The van der Waals surface area contributed by atoms with Crippen molar-refractivity contribution in [2.45, 2.75) is 46.8 Å². The number of carbonyl (C=O) groups is 1. The number of pyridine rings is 2. The Balaban J connectivity index is 1.59. The first-order valence-corrected chi connectivity index (χ1v) is 11.4. The van der Waals surface area contributed by atoms with E-state index in [1.165, 1.54) is 5.56 Å². The van der Waals surface area contributed by atoms with Crippen molar-refractivity contribution in [2.75, 3.05) is 6.54 Å². The van der Waals surface area contributed by atoms with Gasteiger partial charge in [0.15, 0.2) is 0 Å². The number of rotatable bonds is 6. The largest absolute Gasteiger partial charge is 0.485 e. The van der Waals surface area contributed by atoms with Gasteiger partial charge in [0, 0.05) is 31.3 Å². The third kappa shape index (κ3) is 5.28. The standard InChI is InChI=1S/C26H28ClN3O2/c1-17(2)12-25(31)30-11-9-19-4-5-20(14-21(19)15-30)26-23(6-7-24(27)29-26)32-16-22-13-18(3)8-10-28-22/h4-8,10,13-14,17H,9,11-12,15-16H2,1-3H3. The van der Waals surface area contributed by atoms with Crippen molar-refractivity contribution >= 4 is 17.5 Å². The highest BCUT2D eigenvalue weighted by atomic mass is 35.5. The maximum Gasteiger partial charge on any atom is 0.223 e. The molecule has 0 spiro atoms. The quantitative estimate of drug-likeness (QED) is 0.458. The lowest BCUT2D eigenvalue weighted by Crippen LogP contribution is -2.36. The summed E-state index contributed by atoms with van der Waals surface area (Å²) in [7, 11) is 0. The van der Waals surface area contributed by atoms with E-state index >= 15 is 0 Å². The van der Waals surface area contributed by atoms with Crippen LogP contribution in [0, 0.1) is 12.8 Å². The van der Waals surface area contributed by atoms with Gasteiger partial charge < -0.3 is 9.64 Å². The van der Waals surface area contributed by atoms with Crippen LogP contribution in [0.2, 0.25) is 5.15 Å².